The second-order valence-electron chi connectivity index (χ2n) is 3.95. The molecule has 0 saturated heterocycles. The van der Waals surface area contributed by atoms with Crippen molar-refractivity contribution in [3.63, 3.8) is 0 Å². The molecule has 0 aromatic carbocycles. The van der Waals surface area contributed by atoms with E-state index >= 15 is 0 Å². The van der Waals surface area contributed by atoms with Gasteiger partial charge in [0, 0.05) is 6.54 Å². The van der Waals surface area contributed by atoms with E-state index in [1.807, 2.05) is 0 Å². The van der Waals surface area contributed by atoms with E-state index < -0.39 is 37.7 Å². The van der Waals surface area contributed by atoms with Gasteiger partial charge in [-0.2, -0.15) is 18.4 Å². The molecule has 0 fully saturated rings. The molecule has 7 heteroatoms. The predicted octanol–water partition coefficient (Wildman–Crippen LogP) is 1.17. The number of hydrogen-bond donors (Lipinski definition) is 1. The normalized spacial score (nSPS) is 13.3. The number of rotatable bonds is 5. The SMILES string of the molecule is CC(C)C(C#N)C(=O)N(CCO)CC(F)(F)F. The highest BCUT2D eigenvalue weighted by Gasteiger charge is 2.35. The zero-order valence-corrected chi connectivity index (χ0v) is 9.66. The molecule has 0 heterocycles. The number of aliphatic hydroxyl groups is 1. The summed E-state index contributed by atoms with van der Waals surface area (Å²) in [6.07, 6.45) is -4.54. The largest absolute Gasteiger partial charge is 0.406 e. The first-order valence-electron chi connectivity index (χ1n) is 5.09. The first kappa shape index (κ1) is 15.7. The molecule has 98 valence electrons. The fourth-order valence-corrected chi connectivity index (χ4v) is 1.29. The van der Waals surface area contributed by atoms with Gasteiger partial charge in [-0.1, -0.05) is 13.8 Å². The van der Waals surface area contributed by atoms with Crippen LogP contribution >= 0.6 is 0 Å². The molecule has 0 saturated carbocycles. The third-order valence-electron chi connectivity index (χ3n) is 2.12. The lowest BCUT2D eigenvalue weighted by atomic mass is 9.96. The summed E-state index contributed by atoms with van der Waals surface area (Å²) in [6, 6.07) is 1.69. The average Bonchev–Trinajstić information content (AvgIpc) is 2.15. The molecule has 0 aromatic rings. The Bertz CT molecular complexity index is 297. The number of amides is 1. The van der Waals surface area contributed by atoms with E-state index in [2.05, 4.69) is 0 Å². The molecule has 0 radical (unpaired) electrons. The maximum Gasteiger partial charge on any atom is 0.406 e. The lowest BCUT2D eigenvalue weighted by Crippen LogP contribution is -2.44. The van der Waals surface area contributed by atoms with Gasteiger partial charge < -0.3 is 10.0 Å². The van der Waals surface area contributed by atoms with Crippen LogP contribution in [-0.2, 0) is 4.79 Å². The summed E-state index contributed by atoms with van der Waals surface area (Å²) < 4.78 is 36.6. The highest BCUT2D eigenvalue weighted by molar-refractivity contribution is 5.81. The van der Waals surface area contributed by atoms with Crippen LogP contribution in [0.15, 0.2) is 0 Å². The van der Waals surface area contributed by atoms with Crippen LogP contribution in [0.4, 0.5) is 13.2 Å². The van der Waals surface area contributed by atoms with Crippen LogP contribution in [-0.4, -0.2) is 41.8 Å². The summed E-state index contributed by atoms with van der Waals surface area (Å²) in [7, 11) is 0. The molecule has 4 nitrogen and oxygen atoms in total. The Hall–Kier alpha value is -1.29. The van der Waals surface area contributed by atoms with Gasteiger partial charge in [-0.15, -0.1) is 0 Å². The van der Waals surface area contributed by atoms with Crippen molar-refractivity contribution in [1.82, 2.24) is 4.90 Å². The van der Waals surface area contributed by atoms with E-state index in [0.717, 1.165) is 0 Å². The number of alkyl halides is 3. The molecule has 1 atom stereocenters. The van der Waals surface area contributed by atoms with Gasteiger partial charge in [0.1, 0.15) is 12.5 Å². The molecule has 0 bridgehead atoms. The molecule has 17 heavy (non-hydrogen) atoms. The van der Waals surface area contributed by atoms with Crippen LogP contribution in [0.5, 0.6) is 0 Å². The first-order chi connectivity index (χ1) is 7.72. The smallest absolute Gasteiger partial charge is 0.395 e. The van der Waals surface area contributed by atoms with E-state index in [1.54, 1.807) is 19.9 Å². The fraction of sp³-hybridized carbons (Fsp3) is 0.800. The maximum atomic E-state index is 12.2. The van der Waals surface area contributed by atoms with E-state index in [4.69, 9.17) is 10.4 Å². The van der Waals surface area contributed by atoms with Crippen molar-refractivity contribution < 1.29 is 23.1 Å². The summed E-state index contributed by atoms with van der Waals surface area (Å²) in [5, 5.41) is 17.4. The summed E-state index contributed by atoms with van der Waals surface area (Å²) in [5.41, 5.74) is 0. The van der Waals surface area contributed by atoms with E-state index in [9.17, 15) is 18.0 Å². The number of nitrogens with zero attached hydrogens (tertiary/aromatic N) is 2. The maximum absolute atomic E-state index is 12.2. The monoisotopic (exact) mass is 252 g/mol. The first-order valence-corrected chi connectivity index (χ1v) is 5.09. The van der Waals surface area contributed by atoms with Crippen molar-refractivity contribution in [2.75, 3.05) is 19.7 Å². The predicted molar refractivity (Wildman–Crippen MR) is 53.7 cm³/mol. The van der Waals surface area contributed by atoms with Crippen LogP contribution in [0, 0.1) is 23.2 Å². The Labute approximate surface area is 97.6 Å². The van der Waals surface area contributed by atoms with Crippen molar-refractivity contribution in [3.8, 4) is 6.07 Å². The Morgan fingerprint density at radius 3 is 2.29 bits per heavy atom. The highest BCUT2D eigenvalue weighted by Crippen LogP contribution is 2.20. The van der Waals surface area contributed by atoms with Crippen molar-refractivity contribution in [2.24, 2.45) is 11.8 Å². The lowest BCUT2D eigenvalue weighted by molar-refractivity contribution is -0.164. The van der Waals surface area contributed by atoms with Crippen molar-refractivity contribution >= 4 is 5.91 Å². The topological polar surface area (TPSA) is 64.3 Å². The van der Waals surface area contributed by atoms with Crippen LogP contribution < -0.4 is 0 Å². The summed E-state index contributed by atoms with van der Waals surface area (Å²) in [4.78, 5) is 12.1. The molecule has 0 aliphatic heterocycles. The van der Waals surface area contributed by atoms with Crippen molar-refractivity contribution in [2.45, 2.75) is 20.0 Å². The molecule has 1 amide bonds. The van der Waals surface area contributed by atoms with Gasteiger partial charge in [0.05, 0.1) is 12.7 Å². The Kier molecular flexibility index (Phi) is 5.96. The van der Waals surface area contributed by atoms with Crippen molar-refractivity contribution in [3.05, 3.63) is 0 Å². The van der Waals surface area contributed by atoms with Crippen LogP contribution in [0.1, 0.15) is 13.8 Å². The summed E-state index contributed by atoms with van der Waals surface area (Å²) >= 11 is 0. The molecule has 0 aliphatic rings. The number of carbonyl (C=O) groups is 1. The number of carbonyl (C=O) groups excluding carboxylic acids is 1. The Balaban J connectivity index is 4.82. The molecular formula is C10H15F3N2O2. The van der Waals surface area contributed by atoms with Crippen LogP contribution in [0.25, 0.3) is 0 Å². The van der Waals surface area contributed by atoms with Gasteiger partial charge >= 0.3 is 6.18 Å². The quantitative estimate of drug-likeness (QED) is 0.798. The van der Waals surface area contributed by atoms with Crippen LogP contribution in [0.2, 0.25) is 0 Å². The van der Waals surface area contributed by atoms with Crippen molar-refractivity contribution in [1.29, 1.82) is 5.26 Å². The molecule has 0 rings (SSSR count). The highest BCUT2D eigenvalue weighted by atomic mass is 19.4. The van der Waals surface area contributed by atoms with E-state index in [-0.39, 0.29) is 5.92 Å². The minimum Gasteiger partial charge on any atom is -0.395 e. The number of aliphatic hydroxyl groups excluding tert-OH is 1. The lowest BCUT2D eigenvalue weighted by Gasteiger charge is -2.26. The molecule has 0 aromatic heterocycles. The number of hydrogen-bond acceptors (Lipinski definition) is 3. The molecule has 1 unspecified atom stereocenters. The minimum atomic E-state index is -4.54. The number of nitriles is 1. The van der Waals surface area contributed by atoms with E-state index in [1.165, 1.54) is 0 Å². The third-order valence-corrected chi connectivity index (χ3v) is 2.12. The molecule has 0 spiro atoms. The zero-order valence-electron chi connectivity index (χ0n) is 9.66. The summed E-state index contributed by atoms with van der Waals surface area (Å²) in [6.45, 7) is 0.714. The second-order valence-corrected chi connectivity index (χ2v) is 3.95. The average molecular weight is 252 g/mol. The van der Waals surface area contributed by atoms with Gasteiger partial charge in [-0.05, 0) is 5.92 Å². The molecular weight excluding hydrogens is 237 g/mol. The Morgan fingerprint density at radius 2 is 2.00 bits per heavy atom. The van der Waals surface area contributed by atoms with Gasteiger partial charge in [0.2, 0.25) is 5.91 Å². The molecule has 0 aliphatic carbocycles. The van der Waals surface area contributed by atoms with Crippen LogP contribution in [0.3, 0.4) is 0 Å². The Morgan fingerprint density at radius 1 is 1.47 bits per heavy atom. The van der Waals surface area contributed by atoms with Gasteiger partial charge in [-0.3, -0.25) is 4.79 Å². The second kappa shape index (κ2) is 6.45. The van der Waals surface area contributed by atoms with Gasteiger partial charge in [0.15, 0.2) is 0 Å². The van der Waals surface area contributed by atoms with E-state index in [0.29, 0.717) is 4.90 Å². The third kappa shape index (κ3) is 5.54. The zero-order chi connectivity index (χ0) is 13.6. The standard InChI is InChI=1S/C10H15F3N2O2/c1-7(2)8(5-14)9(17)15(3-4-16)6-10(11,12)13/h7-8,16H,3-4,6H2,1-2H3. The minimum absolute atomic E-state index is 0.373. The van der Waals surface area contributed by atoms with Gasteiger partial charge in [0.25, 0.3) is 0 Å². The fourth-order valence-electron chi connectivity index (χ4n) is 1.29. The number of halogens is 3. The molecule has 1 N–H and O–H groups in total. The van der Waals surface area contributed by atoms with Gasteiger partial charge in [-0.25, -0.2) is 0 Å². The summed E-state index contributed by atoms with van der Waals surface area (Å²) in [5.74, 6) is -2.39.